The van der Waals surface area contributed by atoms with Crippen molar-refractivity contribution in [3.63, 3.8) is 0 Å². The number of hydrogen-bond acceptors (Lipinski definition) is 3. The molecule has 1 aromatic rings. The van der Waals surface area contributed by atoms with E-state index in [1.54, 1.807) is 10.9 Å². The van der Waals surface area contributed by atoms with E-state index < -0.39 is 6.10 Å². The van der Waals surface area contributed by atoms with Crippen molar-refractivity contribution in [3.05, 3.63) is 16.9 Å². The van der Waals surface area contributed by atoms with Crippen LogP contribution in [0.4, 0.5) is 0 Å². The van der Waals surface area contributed by atoms with E-state index in [4.69, 9.17) is 11.6 Å². The van der Waals surface area contributed by atoms with Gasteiger partial charge in [-0.3, -0.25) is 4.68 Å². The number of aromatic nitrogens is 2. The average Bonchev–Trinajstić information content (AvgIpc) is 2.60. The maximum Gasteiger partial charge on any atom is 0.110 e. The zero-order valence-corrected chi connectivity index (χ0v) is 11.5. The molecular formula is C12H22ClN3O. The Morgan fingerprint density at radius 3 is 2.76 bits per heavy atom. The standard InChI is InChI=1S/C12H22ClN3O/c1-4-5-16-12(10(13)7-15-16)11(17)8-14-6-9(2)3/h7,9,11,14,17H,4-6,8H2,1-3H3. The van der Waals surface area contributed by atoms with Gasteiger partial charge in [-0.15, -0.1) is 0 Å². The Morgan fingerprint density at radius 2 is 2.18 bits per heavy atom. The number of rotatable bonds is 7. The van der Waals surface area contributed by atoms with Crippen LogP contribution < -0.4 is 5.32 Å². The van der Waals surface area contributed by atoms with Gasteiger partial charge < -0.3 is 10.4 Å². The molecule has 0 saturated heterocycles. The van der Waals surface area contributed by atoms with Crippen molar-refractivity contribution >= 4 is 11.6 Å². The molecule has 1 aromatic heterocycles. The Morgan fingerprint density at radius 1 is 1.47 bits per heavy atom. The molecule has 4 nitrogen and oxygen atoms in total. The summed E-state index contributed by atoms with van der Waals surface area (Å²) in [5.74, 6) is 0.568. The summed E-state index contributed by atoms with van der Waals surface area (Å²) in [5.41, 5.74) is 0.713. The van der Waals surface area contributed by atoms with E-state index in [9.17, 15) is 5.11 Å². The zero-order chi connectivity index (χ0) is 12.8. The van der Waals surface area contributed by atoms with E-state index in [1.165, 1.54) is 0 Å². The highest BCUT2D eigenvalue weighted by atomic mass is 35.5. The molecule has 0 fully saturated rings. The highest BCUT2D eigenvalue weighted by molar-refractivity contribution is 6.31. The molecule has 0 aliphatic carbocycles. The van der Waals surface area contributed by atoms with Gasteiger partial charge in [-0.05, 0) is 18.9 Å². The predicted molar refractivity (Wildman–Crippen MR) is 70.2 cm³/mol. The summed E-state index contributed by atoms with van der Waals surface area (Å²) in [7, 11) is 0. The van der Waals surface area contributed by atoms with Crippen LogP contribution in [0.5, 0.6) is 0 Å². The largest absolute Gasteiger partial charge is 0.385 e. The summed E-state index contributed by atoms with van der Waals surface area (Å²) in [4.78, 5) is 0. The minimum Gasteiger partial charge on any atom is -0.385 e. The van der Waals surface area contributed by atoms with Crippen molar-refractivity contribution in [1.29, 1.82) is 0 Å². The third-order valence-electron chi connectivity index (χ3n) is 2.47. The number of nitrogens with one attached hydrogen (secondary N) is 1. The van der Waals surface area contributed by atoms with Crippen molar-refractivity contribution in [2.75, 3.05) is 13.1 Å². The number of nitrogens with zero attached hydrogens (tertiary/aromatic N) is 2. The smallest absolute Gasteiger partial charge is 0.110 e. The lowest BCUT2D eigenvalue weighted by atomic mass is 10.2. The van der Waals surface area contributed by atoms with E-state index in [1.807, 2.05) is 0 Å². The number of hydrogen-bond donors (Lipinski definition) is 2. The minimum absolute atomic E-state index is 0.507. The molecule has 2 N–H and O–H groups in total. The second-order valence-electron chi connectivity index (χ2n) is 4.67. The fraction of sp³-hybridized carbons (Fsp3) is 0.750. The maximum atomic E-state index is 10.1. The zero-order valence-electron chi connectivity index (χ0n) is 10.8. The van der Waals surface area contributed by atoms with Gasteiger partial charge in [-0.25, -0.2) is 0 Å². The number of aryl methyl sites for hydroxylation is 1. The Hall–Kier alpha value is -0.580. The molecule has 1 unspecified atom stereocenters. The molecule has 5 heteroatoms. The molecule has 17 heavy (non-hydrogen) atoms. The summed E-state index contributed by atoms with van der Waals surface area (Å²) in [5, 5.41) is 18.0. The molecule has 0 bridgehead atoms. The van der Waals surface area contributed by atoms with Crippen LogP contribution in [0.15, 0.2) is 6.20 Å². The van der Waals surface area contributed by atoms with Gasteiger partial charge in [0.15, 0.2) is 0 Å². The van der Waals surface area contributed by atoms with Gasteiger partial charge in [0.2, 0.25) is 0 Å². The summed E-state index contributed by atoms with van der Waals surface area (Å²) in [6.07, 6.45) is 1.96. The first-order valence-corrected chi connectivity index (χ1v) is 6.54. The van der Waals surface area contributed by atoms with Crippen LogP contribution in [0.2, 0.25) is 5.02 Å². The molecule has 0 radical (unpaired) electrons. The van der Waals surface area contributed by atoms with Crippen LogP contribution in [-0.2, 0) is 6.54 Å². The van der Waals surface area contributed by atoms with Crippen LogP contribution >= 0.6 is 11.6 Å². The maximum absolute atomic E-state index is 10.1. The van der Waals surface area contributed by atoms with Crippen molar-refractivity contribution in [2.24, 2.45) is 5.92 Å². The number of halogens is 1. The lowest BCUT2D eigenvalue weighted by molar-refractivity contribution is 0.162. The second-order valence-corrected chi connectivity index (χ2v) is 5.08. The molecule has 0 aromatic carbocycles. The monoisotopic (exact) mass is 259 g/mol. The number of aliphatic hydroxyl groups is 1. The van der Waals surface area contributed by atoms with Gasteiger partial charge >= 0.3 is 0 Å². The summed E-state index contributed by atoms with van der Waals surface area (Å²) in [6.45, 7) is 8.51. The Kier molecular flexibility index (Phi) is 5.95. The summed E-state index contributed by atoms with van der Waals surface area (Å²) >= 11 is 6.05. The van der Waals surface area contributed by atoms with Gasteiger partial charge in [0.25, 0.3) is 0 Å². The highest BCUT2D eigenvalue weighted by Gasteiger charge is 2.17. The van der Waals surface area contributed by atoms with Gasteiger partial charge in [0.1, 0.15) is 6.10 Å². The Bertz CT molecular complexity index is 338. The lowest BCUT2D eigenvalue weighted by Crippen LogP contribution is -2.26. The van der Waals surface area contributed by atoms with Crippen LogP contribution in [-0.4, -0.2) is 28.0 Å². The van der Waals surface area contributed by atoms with Crippen molar-refractivity contribution in [2.45, 2.75) is 39.8 Å². The molecule has 0 saturated carbocycles. The first-order valence-electron chi connectivity index (χ1n) is 6.16. The minimum atomic E-state index is -0.602. The summed E-state index contributed by atoms with van der Waals surface area (Å²) < 4.78 is 1.78. The second kappa shape index (κ2) is 6.99. The topological polar surface area (TPSA) is 50.1 Å². The molecule has 1 rings (SSSR count). The van der Waals surface area contributed by atoms with Gasteiger partial charge in [0, 0.05) is 13.1 Å². The van der Waals surface area contributed by atoms with Crippen LogP contribution in [0, 0.1) is 5.92 Å². The van der Waals surface area contributed by atoms with Crippen LogP contribution in [0.3, 0.4) is 0 Å². The summed E-state index contributed by atoms with van der Waals surface area (Å²) in [6, 6.07) is 0. The average molecular weight is 260 g/mol. The third-order valence-corrected chi connectivity index (χ3v) is 2.77. The molecule has 0 spiro atoms. The SMILES string of the molecule is CCCn1ncc(Cl)c1C(O)CNCC(C)C. The van der Waals surface area contributed by atoms with Crippen LogP contribution in [0.1, 0.15) is 39.0 Å². The first-order chi connectivity index (χ1) is 8.06. The van der Waals surface area contributed by atoms with E-state index in [2.05, 4.69) is 31.2 Å². The fourth-order valence-electron chi connectivity index (χ4n) is 1.70. The van der Waals surface area contributed by atoms with E-state index in [-0.39, 0.29) is 0 Å². The third kappa shape index (κ3) is 4.30. The fourth-order valence-corrected chi connectivity index (χ4v) is 1.97. The van der Waals surface area contributed by atoms with Crippen molar-refractivity contribution < 1.29 is 5.11 Å². The van der Waals surface area contributed by atoms with E-state index in [0.717, 1.165) is 19.5 Å². The molecule has 0 aliphatic heterocycles. The van der Waals surface area contributed by atoms with Crippen molar-refractivity contribution in [1.82, 2.24) is 15.1 Å². The predicted octanol–water partition coefficient (Wildman–Crippen LogP) is 2.23. The molecule has 98 valence electrons. The Balaban J connectivity index is 2.60. The molecule has 1 atom stereocenters. The molecule has 0 amide bonds. The lowest BCUT2D eigenvalue weighted by Gasteiger charge is -2.15. The van der Waals surface area contributed by atoms with Gasteiger partial charge in [-0.2, -0.15) is 5.10 Å². The Labute approximate surface area is 108 Å². The van der Waals surface area contributed by atoms with Crippen molar-refractivity contribution in [3.8, 4) is 0 Å². The first kappa shape index (κ1) is 14.5. The van der Waals surface area contributed by atoms with Gasteiger partial charge in [-0.1, -0.05) is 32.4 Å². The normalized spacial score (nSPS) is 13.3. The molecule has 0 aliphatic rings. The molecule has 1 heterocycles. The van der Waals surface area contributed by atoms with Crippen LogP contribution in [0.25, 0.3) is 0 Å². The quantitative estimate of drug-likeness (QED) is 0.790. The van der Waals surface area contributed by atoms with Gasteiger partial charge in [0.05, 0.1) is 16.9 Å². The highest BCUT2D eigenvalue weighted by Crippen LogP contribution is 2.22. The van der Waals surface area contributed by atoms with E-state index in [0.29, 0.717) is 23.2 Å². The van der Waals surface area contributed by atoms with E-state index >= 15 is 0 Å². The molecular weight excluding hydrogens is 238 g/mol. The number of aliphatic hydroxyl groups excluding tert-OH is 1.